The Balaban J connectivity index is 1.29. The first-order chi connectivity index (χ1) is 15.1. The lowest BCUT2D eigenvalue weighted by Gasteiger charge is -2.36. The number of nitrogens with zero attached hydrogens (tertiary/aromatic N) is 2. The molecule has 1 saturated heterocycles. The van der Waals surface area contributed by atoms with Gasteiger partial charge in [0.15, 0.2) is 0 Å². The molecule has 31 heavy (non-hydrogen) atoms. The maximum absolute atomic E-state index is 12.5. The lowest BCUT2D eigenvalue weighted by molar-refractivity contribution is -0.121. The summed E-state index contributed by atoms with van der Waals surface area (Å²) in [5, 5.41) is 5.84. The van der Waals surface area contributed by atoms with Crippen molar-refractivity contribution in [3.63, 3.8) is 0 Å². The third kappa shape index (κ3) is 5.60. The van der Waals surface area contributed by atoms with Gasteiger partial charge in [-0.2, -0.15) is 0 Å². The predicted molar refractivity (Wildman–Crippen MR) is 125 cm³/mol. The van der Waals surface area contributed by atoms with Crippen LogP contribution in [0.4, 0.5) is 0 Å². The zero-order valence-corrected chi connectivity index (χ0v) is 18.8. The molecule has 1 amide bonds. The maximum Gasteiger partial charge on any atom is 0.258 e. The Bertz CT molecular complexity index is 1050. The second kappa shape index (κ2) is 10.2. The number of piperidine rings is 1. The zero-order chi connectivity index (χ0) is 21.6. The van der Waals surface area contributed by atoms with Crippen LogP contribution in [0.25, 0.3) is 10.9 Å². The molecule has 1 unspecified atom stereocenters. The van der Waals surface area contributed by atoms with E-state index in [2.05, 4.69) is 44.6 Å². The molecule has 3 heterocycles. The molecule has 3 aromatic rings. The highest BCUT2D eigenvalue weighted by atomic mass is 32.1. The molecule has 0 spiro atoms. The van der Waals surface area contributed by atoms with E-state index in [-0.39, 0.29) is 17.5 Å². The molecule has 6 nitrogen and oxygen atoms in total. The summed E-state index contributed by atoms with van der Waals surface area (Å²) in [6.07, 6.45) is 4.08. The number of aromatic nitrogens is 2. The molecule has 1 aliphatic rings. The number of H-pyrrole nitrogens is 1. The number of aryl methyl sites for hydroxylation is 1. The quantitative estimate of drug-likeness (QED) is 0.559. The summed E-state index contributed by atoms with van der Waals surface area (Å²) in [6, 6.07) is 11.8. The Labute approximate surface area is 186 Å². The smallest absolute Gasteiger partial charge is 0.258 e. The number of fused-ring (bicyclic) bond motifs is 1. The van der Waals surface area contributed by atoms with Crippen molar-refractivity contribution >= 4 is 28.1 Å². The van der Waals surface area contributed by atoms with E-state index >= 15 is 0 Å². The highest BCUT2D eigenvalue weighted by molar-refractivity contribution is 7.10. The van der Waals surface area contributed by atoms with Crippen LogP contribution in [0.2, 0.25) is 0 Å². The lowest BCUT2D eigenvalue weighted by Crippen LogP contribution is -2.41. The fourth-order valence-electron chi connectivity index (χ4n) is 4.20. The first kappa shape index (κ1) is 21.7. The van der Waals surface area contributed by atoms with Crippen LogP contribution >= 0.6 is 11.3 Å². The molecule has 1 atom stereocenters. The Kier molecular flexibility index (Phi) is 7.14. The van der Waals surface area contributed by atoms with Gasteiger partial charge in [-0.3, -0.25) is 14.5 Å². The van der Waals surface area contributed by atoms with E-state index in [1.54, 1.807) is 17.4 Å². The summed E-state index contributed by atoms with van der Waals surface area (Å²) >= 11 is 1.76. The van der Waals surface area contributed by atoms with Crippen LogP contribution in [-0.4, -0.2) is 40.4 Å². The largest absolute Gasteiger partial charge is 0.354 e. The monoisotopic (exact) mass is 438 g/mol. The Morgan fingerprint density at radius 2 is 2.06 bits per heavy atom. The number of hydrogen-bond acceptors (Lipinski definition) is 5. The molecule has 0 aliphatic carbocycles. The van der Waals surface area contributed by atoms with Crippen LogP contribution in [0, 0.1) is 5.92 Å². The summed E-state index contributed by atoms with van der Waals surface area (Å²) in [7, 11) is 0. The number of carbonyl (C=O) groups excluding carboxylic acids is 1. The van der Waals surface area contributed by atoms with Crippen molar-refractivity contribution in [1.82, 2.24) is 20.2 Å². The minimum Gasteiger partial charge on any atom is -0.354 e. The van der Waals surface area contributed by atoms with Gasteiger partial charge in [0.2, 0.25) is 5.91 Å². The van der Waals surface area contributed by atoms with Crippen LogP contribution in [0.3, 0.4) is 0 Å². The van der Waals surface area contributed by atoms with E-state index in [1.165, 1.54) is 17.7 Å². The van der Waals surface area contributed by atoms with Crippen molar-refractivity contribution in [2.24, 2.45) is 5.92 Å². The average molecular weight is 439 g/mol. The molecule has 1 aliphatic heterocycles. The second-order valence-corrected chi connectivity index (χ2v) is 9.42. The van der Waals surface area contributed by atoms with E-state index in [4.69, 9.17) is 0 Å². The van der Waals surface area contributed by atoms with Crippen LogP contribution in [0.1, 0.15) is 49.4 Å². The number of thiophene rings is 1. The van der Waals surface area contributed by atoms with Crippen molar-refractivity contribution in [2.45, 2.75) is 45.1 Å². The van der Waals surface area contributed by atoms with Crippen molar-refractivity contribution in [3.05, 3.63) is 62.8 Å². The zero-order valence-electron chi connectivity index (χ0n) is 18.0. The van der Waals surface area contributed by atoms with Crippen molar-refractivity contribution in [3.8, 4) is 0 Å². The number of para-hydroxylation sites is 1. The van der Waals surface area contributed by atoms with E-state index < -0.39 is 0 Å². The number of aromatic amines is 1. The second-order valence-electron chi connectivity index (χ2n) is 8.44. The SMILES string of the molecule is CC1CCN(C(CNC(=O)CCCc2nc3ccccc3c(=O)[nH]2)c2cccs2)CC1. The van der Waals surface area contributed by atoms with Gasteiger partial charge in [0.25, 0.3) is 5.56 Å². The fraction of sp³-hybridized carbons (Fsp3) is 0.458. The number of amides is 1. The minimum atomic E-state index is -0.125. The summed E-state index contributed by atoms with van der Waals surface area (Å²) < 4.78 is 0. The maximum atomic E-state index is 12.5. The summed E-state index contributed by atoms with van der Waals surface area (Å²) in [4.78, 5) is 35.9. The van der Waals surface area contributed by atoms with Crippen LogP contribution in [0.5, 0.6) is 0 Å². The summed E-state index contributed by atoms with van der Waals surface area (Å²) in [5.74, 6) is 1.47. The van der Waals surface area contributed by atoms with Gasteiger partial charge in [0.05, 0.1) is 16.9 Å². The molecule has 1 aromatic carbocycles. The van der Waals surface area contributed by atoms with E-state index in [0.717, 1.165) is 19.0 Å². The summed E-state index contributed by atoms with van der Waals surface area (Å²) in [6.45, 7) is 5.12. The number of likely N-dealkylation sites (tertiary alicyclic amines) is 1. The summed E-state index contributed by atoms with van der Waals surface area (Å²) in [5.41, 5.74) is 0.569. The molecule has 7 heteroatoms. The fourth-order valence-corrected chi connectivity index (χ4v) is 5.06. The third-order valence-corrected chi connectivity index (χ3v) is 7.08. The first-order valence-corrected chi connectivity index (χ1v) is 12.0. The van der Waals surface area contributed by atoms with Crippen LogP contribution < -0.4 is 10.9 Å². The van der Waals surface area contributed by atoms with E-state index in [1.807, 2.05) is 18.2 Å². The van der Waals surface area contributed by atoms with Gasteiger partial charge in [-0.1, -0.05) is 25.1 Å². The molecular formula is C24H30N4O2S. The topological polar surface area (TPSA) is 78.1 Å². The molecule has 0 radical (unpaired) electrons. The number of hydrogen-bond donors (Lipinski definition) is 2. The first-order valence-electron chi connectivity index (χ1n) is 11.1. The molecule has 2 N–H and O–H groups in total. The van der Waals surface area contributed by atoms with Crippen molar-refractivity contribution in [1.29, 1.82) is 0 Å². The normalized spacial score (nSPS) is 16.4. The highest BCUT2D eigenvalue weighted by Crippen LogP contribution is 2.29. The van der Waals surface area contributed by atoms with Crippen molar-refractivity contribution in [2.75, 3.05) is 19.6 Å². The Hall–Kier alpha value is -2.51. The molecule has 0 saturated carbocycles. The molecule has 4 rings (SSSR count). The Morgan fingerprint density at radius 1 is 1.26 bits per heavy atom. The van der Waals surface area contributed by atoms with Gasteiger partial charge in [-0.05, 0) is 61.8 Å². The van der Waals surface area contributed by atoms with Gasteiger partial charge >= 0.3 is 0 Å². The standard InChI is InChI=1S/C24H30N4O2S/c1-17-11-13-28(14-12-17)20(21-8-5-15-31-21)16-25-23(29)10-4-9-22-26-19-7-3-2-6-18(19)24(30)27-22/h2-3,5-8,15,17,20H,4,9-14,16H2,1H3,(H,25,29)(H,26,27,30). The number of nitrogens with one attached hydrogen (secondary N) is 2. The van der Waals surface area contributed by atoms with Gasteiger partial charge < -0.3 is 10.3 Å². The average Bonchev–Trinajstić information content (AvgIpc) is 3.30. The van der Waals surface area contributed by atoms with Crippen LogP contribution in [0.15, 0.2) is 46.6 Å². The number of carbonyl (C=O) groups is 1. The molecular weight excluding hydrogens is 408 g/mol. The van der Waals surface area contributed by atoms with Gasteiger partial charge in [-0.15, -0.1) is 11.3 Å². The Morgan fingerprint density at radius 3 is 2.84 bits per heavy atom. The minimum absolute atomic E-state index is 0.0510. The van der Waals surface area contributed by atoms with E-state index in [0.29, 0.717) is 42.5 Å². The highest BCUT2D eigenvalue weighted by Gasteiger charge is 2.25. The van der Waals surface area contributed by atoms with Crippen LogP contribution in [-0.2, 0) is 11.2 Å². The molecule has 1 fully saturated rings. The number of benzene rings is 1. The third-order valence-electron chi connectivity index (χ3n) is 6.10. The predicted octanol–water partition coefficient (Wildman–Crippen LogP) is 3.90. The number of rotatable bonds is 8. The molecule has 164 valence electrons. The lowest BCUT2D eigenvalue weighted by atomic mass is 9.97. The van der Waals surface area contributed by atoms with Gasteiger partial charge in [0.1, 0.15) is 5.82 Å². The molecule has 2 aromatic heterocycles. The molecule has 0 bridgehead atoms. The van der Waals surface area contributed by atoms with Gasteiger partial charge in [-0.25, -0.2) is 4.98 Å². The van der Waals surface area contributed by atoms with E-state index in [9.17, 15) is 9.59 Å². The van der Waals surface area contributed by atoms with Crippen molar-refractivity contribution < 1.29 is 4.79 Å². The van der Waals surface area contributed by atoms with Gasteiger partial charge in [0, 0.05) is 24.3 Å².